The maximum absolute atomic E-state index is 11.2. The van der Waals surface area contributed by atoms with Gasteiger partial charge in [-0.3, -0.25) is 4.21 Å². The zero-order valence-corrected chi connectivity index (χ0v) is 11.8. The van der Waals surface area contributed by atoms with Gasteiger partial charge < -0.3 is 15.2 Å². The summed E-state index contributed by atoms with van der Waals surface area (Å²) in [6, 6.07) is 5.30. The second kappa shape index (κ2) is 8.11. The number of nitrogens with one attached hydrogen (secondary N) is 1. The molecule has 1 atom stereocenters. The Morgan fingerprint density at radius 2 is 2.17 bits per heavy atom. The van der Waals surface area contributed by atoms with E-state index in [1.807, 2.05) is 26.0 Å². The molecule has 18 heavy (non-hydrogen) atoms. The lowest BCUT2D eigenvalue weighted by atomic mass is 10.2. The Labute approximate surface area is 111 Å². The summed E-state index contributed by atoms with van der Waals surface area (Å²) < 4.78 is 16.5. The molecular weight excluding hydrogens is 250 g/mol. The van der Waals surface area contributed by atoms with E-state index in [0.717, 1.165) is 12.1 Å². The van der Waals surface area contributed by atoms with Gasteiger partial charge in [-0.25, -0.2) is 0 Å². The Kier molecular flexibility index (Phi) is 6.75. The van der Waals surface area contributed by atoms with Crippen molar-refractivity contribution in [2.75, 3.05) is 24.7 Å². The van der Waals surface area contributed by atoms with Crippen LogP contribution in [0.1, 0.15) is 19.4 Å². The third-order valence-corrected chi connectivity index (χ3v) is 3.79. The summed E-state index contributed by atoms with van der Waals surface area (Å²) in [5.41, 5.74) is 1.04. The molecular formula is C13H21NO3S. The van der Waals surface area contributed by atoms with Crippen molar-refractivity contribution in [3.05, 3.63) is 23.8 Å². The molecule has 102 valence electrons. The molecule has 0 spiro atoms. The smallest absolute Gasteiger partial charge is 0.161 e. The third-order valence-electron chi connectivity index (χ3n) is 2.48. The fraction of sp³-hybridized carbons (Fsp3) is 0.538. The molecule has 0 aliphatic heterocycles. The number of aromatic hydroxyl groups is 1. The molecule has 1 unspecified atom stereocenters. The van der Waals surface area contributed by atoms with Crippen molar-refractivity contribution >= 4 is 10.8 Å². The molecule has 2 N–H and O–H groups in total. The first-order valence-corrected chi connectivity index (χ1v) is 7.66. The second-order valence-corrected chi connectivity index (χ2v) is 5.71. The molecule has 0 aromatic heterocycles. The lowest BCUT2D eigenvalue weighted by Gasteiger charge is -2.09. The number of phenolic OH excluding ortho intramolecular Hbond substituents is 1. The molecule has 1 aromatic rings. The first kappa shape index (κ1) is 15.0. The Hall–Kier alpha value is -1.07. The van der Waals surface area contributed by atoms with Crippen molar-refractivity contribution in [2.24, 2.45) is 0 Å². The van der Waals surface area contributed by atoms with Crippen molar-refractivity contribution in [1.82, 2.24) is 5.32 Å². The van der Waals surface area contributed by atoms with Crippen LogP contribution in [0.3, 0.4) is 0 Å². The van der Waals surface area contributed by atoms with E-state index in [9.17, 15) is 9.32 Å². The van der Waals surface area contributed by atoms with E-state index in [-0.39, 0.29) is 5.75 Å². The number of phenols is 1. The van der Waals surface area contributed by atoms with Gasteiger partial charge in [0.15, 0.2) is 11.5 Å². The molecule has 4 nitrogen and oxygen atoms in total. The fourth-order valence-corrected chi connectivity index (χ4v) is 2.16. The van der Waals surface area contributed by atoms with Gasteiger partial charge in [0, 0.05) is 35.4 Å². The fourth-order valence-electron chi connectivity index (χ4n) is 1.50. The van der Waals surface area contributed by atoms with Gasteiger partial charge in [-0.1, -0.05) is 13.0 Å². The van der Waals surface area contributed by atoms with Crippen LogP contribution in [0.2, 0.25) is 0 Å². The van der Waals surface area contributed by atoms with Gasteiger partial charge in [0.2, 0.25) is 0 Å². The predicted octanol–water partition coefficient (Wildman–Crippen LogP) is 1.65. The summed E-state index contributed by atoms with van der Waals surface area (Å²) in [6.07, 6.45) is 0. The zero-order chi connectivity index (χ0) is 13.4. The van der Waals surface area contributed by atoms with Crippen molar-refractivity contribution in [3.63, 3.8) is 0 Å². The summed E-state index contributed by atoms with van der Waals surface area (Å²) in [6.45, 7) is 5.74. The van der Waals surface area contributed by atoms with Crippen molar-refractivity contribution in [1.29, 1.82) is 0 Å². The Morgan fingerprint density at radius 3 is 2.83 bits per heavy atom. The van der Waals surface area contributed by atoms with Crippen LogP contribution in [-0.2, 0) is 17.3 Å². The summed E-state index contributed by atoms with van der Waals surface area (Å²) in [7, 11) is -0.723. The molecule has 0 aliphatic rings. The van der Waals surface area contributed by atoms with Gasteiger partial charge >= 0.3 is 0 Å². The zero-order valence-electron chi connectivity index (χ0n) is 10.9. The molecule has 1 aromatic carbocycles. The first-order chi connectivity index (χ1) is 8.67. The summed E-state index contributed by atoms with van der Waals surface area (Å²) in [4.78, 5) is 0. The summed E-state index contributed by atoms with van der Waals surface area (Å²) in [5, 5.41) is 12.8. The lowest BCUT2D eigenvalue weighted by molar-refractivity contribution is 0.317. The Bertz CT molecular complexity index is 396. The van der Waals surface area contributed by atoms with Gasteiger partial charge in [-0.05, 0) is 24.6 Å². The topological polar surface area (TPSA) is 58.6 Å². The normalized spacial score (nSPS) is 12.3. The predicted molar refractivity (Wildman–Crippen MR) is 74.5 cm³/mol. The van der Waals surface area contributed by atoms with E-state index in [0.29, 0.717) is 30.4 Å². The highest BCUT2D eigenvalue weighted by molar-refractivity contribution is 7.84. The number of ether oxygens (including phenoxy) is 1. The largest absolute Gasteiger partial charge is 0.504 e. The van der Waals surface area contributed by atoms with E-state index >= 15 is 0 Å². The van der Waals surface area contributed by atoms with Gasteiger partial charge in [0.1, 0.15) is 0 Å². The summed E-state index contributed by atoms with van der Waals surface area (Å²) in [5.74, 6) is 2.05. The highest BCUT2D eigenvalue weighted by atomic mass is 32.2. The van der Waals surface area contributed by atoms with E-state index in [1.54, 1.807) is 6.07 Å². The molecule has 0 heterocycles. The minimum Gasteiger partial charge on any atom is -0.504 e. The SMILES string of the molecule is CCOc1cc(CNCCS(=O)CC)ccc1O. The quantitative estimate of drug-likeness (QED) is 0.706. The van der Waals surface area contributed by atoms with E-state index in [4.69, 9.17) is 4.74 Å². The average Bonchev–Trinajstić information content (AvgIpc) is 2.38. The Morgan fingerprint density at radius 1 is 1.39 bits per heavy atom. The van der Waals surface area contributed by atoms with Crippen LogP contribution >= 0.6 is 0 Å². The van der Waals surface area contributed by atoms with E-state index in [2.05, 4.69) is 5.32 Å². The van der Waals surface area contributed by atoms with Crippen molar-refractivity contribution in [3.8, 4) is 11.5 Å². The minimum atomic E-state index is -0.723. The highest BCUT2D eigenvalue weighted by Crippen LogP contribution is 2.26. The number of hydrogen-bond donors (Lipinski definition) is 2. The van der Waals surface area contributed by atoms with Crippen LogP contribution in [0.4, 0.5) is 0 Å². The number of benzene rings is 1. The molecule has 0 bridgehead atoms. The monoisotopic (exact) mass is 271 g/mol. The highest BCUT2D eigenvalue weighted by Gasteiger charge is 2.03. The van der Waals surface area contributed by atoms with E-state index in [1.165, 1.54) is 0 Å². The molecule has 0 fully saturated rings. The molecule has 1 rings (SSSR count). The molecule has 5 heteroatoms. The van der Waals surface area contributed by atoms with Gasteiger partial charge in [0.25, 0.3) is 0 Å². The van der Waals surface area contributed by atoms with Gasteiger partial charge in [-0.15, -0.1) is 0 Å². The van der Waals surface area contributed by atoms with Crippen LogP contribution in [0.5, 0.6) is 11.5 Å². The van der Waals surface area contributed by atoms with Crippen LogP contribution in [0, 0.1) is 0 Å². The maximum Gasteiger partial charge on any atom is 0.161 e. The molecule has 0 aliphatic carbocycles. The minimum absolute atomic E-state index is 0.160. The standard InChI is InChI=1S/C13H21NO3S/c1-3-17-13-9-11(5-6-12(13)15)10-14-7-8-18(16)4-2/h5-6,9,14-15H,3-4,7-8,10H2,1-2H3. The number of hydrogen-bond acceptors (Lipinski definition) is 4. The molecule has 0 saturated carbocycles. The number of rotatable bonds is 8. The van der Waals surface area contributed by atoms with Gasteiger partial charge in [0.05, 0.1) is 6.61 Å². The average molecular weight is 271 g/mol. The van der Waals surface area contributed by atoms with E-state index < -0.39 is 10.8 Å². The Balaban J connectivity index is 2.42. The third kappa shape index (κ3) is 5.06. The molecule has 0 amide bonds. The lowest BCUT2D eigenvalue weighted by Crippen LogP contribution is -2.20. The van der Waals surface area contributed by atoms with Gasteiger partial charge in [-0.2, -0.15) is 0 Å². The van der Waals surface area contributed by atoms with Crippen LogP contribution < -0.4 is 10.1 Å². The molecule has 0 saturated heterocycles. The maximum atomic E-state index is 11.2. The summed E-state index contributed by atoms with van der Waals surface area (Å²) >= 11 is 0. The van der Waals surface area contributed by atoms with Crippen molar-refractivity contribution < 1.29 is 14.1 Å². The molecule has 0 radical (unpaired) electrons. The van der Waals surface area contributed by atoms with Crippen molar-refractivity contribution in [2.45, 2.75) is 20.4 Å². The second-order valence-electron chi connectivity index (χ2n) is 3.84. The van der Waals surface area contributed by atoms with Crippen LogP contribution in [0.15, 0.2) is 18.2 Å². The van der Waals surface area contributed by atoms with Crippen LogP contribution in [-0.4, -0.2) is 34.0 Å². The first-order valence-electron chi connectivity index (χ1n) is 6.17. The van der Waals surface area contributed by atoms with Crippen LogP contribution in [0.25, 0.3) is 0 Å².